The molecule has 0 spiro atoms. The van der Waals surface area contributed by atoms with Gasteiger partial charge in [-0.25, -0.2) is 0 Å². The minimum Gasteiger partial charge on any atom is -0.392 e. The molecule has 0 bridgehead atoms. The Bertz CT molecular complexity index is 172. The van der Waals surface area contributed by atoms with Gasteiger partial charge in [0.25, 0.3) is 0 Å². The zero-order chi connectivity index (χ0) is 11.3. The third-order valence-electron chi connectivity index (χ3n) is 3.78. The second-order valence-electron chi connectivity index (χ2n) is 5.00. The lowest BCUT2D eigenvalue weighted by atomic mass is 9.90. The fourth-order valence-corrected chi connectivity index (χ4v) is 2.77. The fourth-order valence-electron chi connectivity index (χ4n) is 2.77. The number of likely N-dealkylation sites (tertiary alicyclic amines) is 1. The first-order valence-electron chi connectivity index (χ1n) is 6.61. The van der Waals surface area contributed by atoms with Gasteiger partial charge in [0.2, 0.25) is 0 Å². The summed E-state index contributed by atoms with van der Waals surface area (Å²) in [5.41, 5.74) is 0. The average Bonchev–Trinajstić information content (AvgIpc) is 2.61. The van der Waals surface area contributed by atoms with Crippen LogP contribution < -0.4 is 0 Å². The van der Waals surface area contributed by atoms with Gasteiger partial charge in [0.05, 0.1) is 6.10 Å². The van der Waals surface area contributed by atoms with E-state index in [9.17, 15) is 5.11 Å². The van der Waals surface area contributed by atoms with Crippen molar-refractivity contribution in [2.45, 2.75) is 52.6 Å². The minimum atomic E-state index is -0.122. The summed E-state index contributed by atoms with van der Waals surface area (Å²) in [6, 6.07) is 0. The van der Waals surface area contributed by atoms with Crippen molar-refractivity contribution in [1.82, 2.24) is 4.90 Å². The van der Waals surface area contributed by atoms with Gasteiger partial charge in [0.1, 0.15) is 0 Å². The molecule has 2 nitrogen and oxygen atoms in total. The summed E-state index contributed by atoms with van der Waals surface area (Å²) < 4.78 is 0. The molecular formula is C13H27NO. The molecule has 0 aromatic rings. The second-order valence-corrected chi connectivity index (χ2v) is 5.00. The third-order valence-corrected chi connectivity index (χ3v) is 3.78. The van der Waals surface area contributed by atoms with Crippen LogP contribution in [0.15, 0.2) is 0 Å². The van der Waals surface area contributed by atoms with Gasteiger partial charge in [-0.05, 0) is 24.7 Å². The molecule has 90 valence electrons. The van der Waals surface area contributed by atoms with E-state index in [1.807, 2.05) is 0 Å². The molecule has 0 saturated carbocycles. The molecule has 0 radical (unpaired) electrons. The molecule has 0 aromatic carbocycles. The normalized spacial score (nSPS) is 29.6. The number of aliphatic hydroxyl groups is 1. The predicted octanol–water partition coefficient (Wildman–Crippen LogP) is 2.52. The SMILES string of the molecule is CCCC1CN(CC(O)CC)CC1CC. The van der Waals surface area contributed by atoms with Crippen LogP contribution in [0.3, 0.4) is 0 Å². The number of aliphatic hydroxyl groups excluding tert-OH is 1. The maximum atomic E-state index is 9.65. The maximum Gasteiger partial charge on any atom is 0.0664 e. The van der Waals surface area contributed by atoms with Crippen molar-refractivity contribution in [2.75, 3.05) is 19.6 Å². The van der Waals surface area contributed by atoms with E-state index in [-0.39, 0.29) is 6.10 Å². The first kappa shape index (κ1) is 13.0. The molecule has 1 N–H and O–H groups in total. The van der Waals surface area contributed by atoms with Crippen molar-refractivity contribution in [3.63, 3.8) is 0 Å². The van der Waals surface area contributed by atoms with E-state index in [2.05, 4.69) is 25.7 Å². The highest BCUT2D eigenvalue weighted by Gasteiger charge is 2.31. The summed E-state index contributed by atoms with van der Waals surface area (Å²) in [6.45, 7) is 9.93. The van der Waals surface area contributed by atoms with E-state index >= 15 is 0 Å². The summed E-state index contributed by atoms with van der Waals surface area (Å²) in [6.07, 6.45) is 4.71. The Hall–Kier alpha value is -0.0800. The summed E-state index contributed by atoms with van der Waals surface area (Å²) in [4.78, 5) is 2.46. The summed E-state index contributed by atoms with van der Waals surface area (Å²) >= 11 is 0. The highest BCUT2D eigenvalue weighted by Crippen LogP contribution is 2.29. The van der Waals surface area contributed by atoms with Gasteiger partial charge in [-0.3, -0.25) is 0 Å². The maximum absolute atomic E-state index is 9.65. The summed E-state index contributed by atoms with van der Waals surface area (Å²) in [7, 11) is 0. The Morgan fingerprint density at radius 3 is 2.40 bits per heavy atom. The van der Waals surface area contributed by atoms with Crippen LogP contribution in [-0.4, -0.2) is 35.7 Å². The highest BCUT2D eigenvalue weighted by atomic mass is 16.3. The van der Waals surface area contributed by atoms with Crippen molar-refractivity contribution >= 4 is 0 Å². The lowest BCUT2D eigenvalue weighted by Gasteiger charge is -2.18. The van der Waals surface area contributed by atoms with E-state index in [1.54, 1.807) is 0 Å². The van der Waals surface area contributed by atoms with Crippen molar-refractivity contribution in [3.8, 4) is 0 Å². The van der Waals surface area contributed by atoms with Gasteiger partial charge >= 0.3 is 0 Å². The van der Waals surface area contributed by atoms with E-state index < -0.39 is 0 Å². The predicted molar refractivity (Wildman–Crippen MR) is 64.9 cm³/mol. The van der Waals surface area contributed by atoms with Gasteiger partial charge in [0.15, 0.2) is 0 Å². The van der Waals surface area contributed by atoms with Crippen molar-refractivity contribution < 1.29 is 5.11 Å². The Kier molecular flexibility index (Phi) is 5.62. The lowest BCUT2D eigenvalue weighted by Crippen LogP contribution is -2.30. The van der Waals surface area contributed by atoms with Crippen LogP contribution in [0, 0.1) is 11.8 Å². The molecule has 1 aliphatic heterocycles. The van der Waals surface area contributed by atoms with Crippen molar-refractivity contribution in [2.24, 2.45) is 11.8 Å². The minimum absolute atomic E-state index is 0.122. The molecule has 0 amide bonds. The zero-order valence-electron chi connectivity index (χ0n) is 10.6. The molecule has 1 aliphatic rings. The average molecular weight is 213 g/mol. The Labute approximate surface area is 94.7 Å². The van der Waals surface area contributed by atoms with E-state index in [0.717, 1.165) is 24.8 Å². The van der Waals surface area contributed by atoms with Crippen molar-refractivity contribution in [1.29, 1.82) is 0 Å². The number of hydrogen-bond donors (Lipinski definition) is 1. The quantitative estimate of drug-likeness (QED) is 0.733. The fraction of sp³-hybridized carbons (Fsp3) is 1.00. The summed E-state index contributed by atoms with van der Waals surface area (Å²) in [5.74, 6) is 1.75. The first-order chi connectivity index (χ1) is 7.21. The molecule has 15 heavy (non-hydrogen) atoms. The van der Waals surface area contributed by atoms with Crippen LogP contribution in [0.1, 0.15) is 46.5 Å². The van der Waals surface area contributed by atoms with Crippen LogP contribution in [0.5, 0.6) is 0 Å². The van der Waals surface area contributed by atoms with Crippen LogP contribution in [-0.2, 0) is 0 Å². The molecule has 1 rings (SSSR count). The number of nitrogens with zero attached hydrogens (tertiary/aromatic N) is 1. The topological polar surface area (TPSA) is 23.5 Å². The summed E-state index contributed by atoms with van der Waals surface area (Å²) in [5, 5.41) is 9.65. The molecule has 2 heteroatoms. The third kappa shape index (κ3) is 3.76. The largest absolute Gasteiger partial charge is 0.392 e. The van der Waals surface area contributed by atoms with E-state index in [0.29, 0.717) is 0 Å². The first-order valence-corrected chi connectivity index (χ1v) is 6.61. The molecular weight excluding hydrogens is 186 g/mol. The Balaban J connectivity index is 2.38. The Morgan fingerprint density at radius 1 is 1.20 bits per heavy atom. The molecule has 1 saturated heterocycles. The highest BCUT2D eigenvalue weighted by molar-refractivity contribution is 4.83. The van der Waals surface area contributed by atoms with Crippen LogP contribution in [0.4, 0.5) is 0 Å². The Morgan fingerprint density at radius 2 is 1.87 bits per heavy atom. The van der Waals surface area contributed by atoms with Gasteiger partial charge in [0, 0.05) is 19.6 Å². The van der Waals surface area contributed by atoms with E-state index in [1.165, 1.54) is 32.4 Å². The van der Waals surface area contributed by atoms with Gasteiger partial charge in [-0.1, -0.05) is 33.6 Å². The zero-order valence-corrected chi connectivity index (χ0v) is 10.6. The van der Waals surface area contributed by atoms with Crippen LogP contribution >= 0.6 is 0 Å². The number of β-amino-alcohol motifs (C(OH)–C–C–N with tert-alkyl or cyclic N) is 1. The van der Waals surface area contributed by atoms with Crippen molar-refractivity contribution in [3.05, 3.63) is 0 Å². The second kappa shape index (κ2) is 6.49. The van der Waals surface area contributed by atoms with Crippen LogP contribution in [0.25, 0.3) is 0 Å². The van der Waals surface area contributed by atoms with Crippen LogP contribution in [0.2, 0.25) is 0 Å². The molecule has 1 fully saturated rings. The monoisotopic (exact) mass is 213 g/mol. The number of rotatable bonds is 6. The molecule has 3 unspecified atom stereocenters. The molecule has 3 atom stereocenters. The van der Waals surface area contributed by atoms with Gasteiger partial charge in [-0.15, -0.1) is 0 Å². The number of hydrogen-bond acceptors (Lipinski definition) is 2. The lowest BCUT2D eigenvalue weighted by molar-refractivity contribution is 0.118. The molecule has 1 heterocycles. The smallest absolute Gasteiger partial charge is 0.0664 e. The standard InChI is InChI=1S/C13H27NO/c1-4-7-12-9-14(8-11(12)5-2)10-13(15)6-3/h11-13,15H,4-10H2,1-3H3. The molecule has 0 aliphatic carbocycles. The van der Waals surface area contributed by atoms with Gasteiger partial charge < -0.3 is 10.0 Å². The molecule has 0 aromatic heterocycles. The van der Waals surface area contributed by atoms with E-state index in [4.69, 9.17) is 0 Å². The van der Waals surface area contributed by atoms with Gasteiger partial charge in [-0.2, -0.15) is 0 Å².